The lowest BCUT2D eigenvalue weighted by molar-refractivity contribution is 0.392. The third-order valence-corrected chi connectivity index (χ3v) is 3.60. The van der Waals surface area contributed by atoms with E-state index in [-0.39, 0.29) is 5.76 Å². The fourth-order valence-corrected chi connectivity index (χ4v) is 2.20. The van der Waals surface area contributed by atoms with Crippen molar-refractivity contribution in [2.75, 3.05) is 6.54 Å². The van der Waals surface area contributed by atoms with Crippen LogP contribution in [0.5, 0.6) is 0 Å². The topological polar surface area (TPSA) is 61.2 Å². The lowest BCUT2D eigenvalue weighted by Crippen LogP contribution is -2.22. The zero-order valence-corrected chi connectivity index (χ0v) is 11.1. The monoisotopic (exact) mass is 248 g/mol. The summed E-state index contributed by atoms with van der Waals surface area (Å²) in [5.41, 5.74) is 8.44. The van der Waals surface area contributed by atoms with Crippen LogP contribution < -0.4 is 11.5 Å². The summed E-state index contributed by atoms with van der Waals surface area (Å²) in [4.78, 5) is 11.4. The summed E-state index contributed by atoms with van der Waals surface area (Å²) < 4.78 is 6.71. The molecule has 1 unspecified atom stereocenters. The first-order valence-electron chi connectivity index (χ1n) is 6.31. The fraction of sp³-hybridized carbons (Fsp3) is 0.500. The van der Waals surface area contributed by atoms with E-state index < -0.39 is 0 Å². The minimum Gasteiger partial charge on any atom is -0.408 e. The summed E-state index contributed by atoms with van der Waals surface area (Å²) in [6, 6.07) is 5.92. The quantitative estimate of drug-likeness (QED) is 0.899. The second-order valence-corrected chi connectivity index (χ2v) is 5.17. The van der Waals surface area contributed by atoms with Crippen molar-refractivity contribution in [3.63, 3.8) is 0 Å². The molecule has 0 aliphatic heterocycles. The second kappa shape index (κ2) is 4.98. The summed E-state index contributed by atoms with van der Waals surface area (Å²) in [5, 5.41) is 0. The second-order valence-electron chi connectivity index (χ2n) is 5.17. The lowest BCUT2D eigenvalue weighted by atomic mass is 9.89. The van der Waals surface area contributed by atoms with Crippen molar-refractivity contribution in [2.24, 2.45) is 24.6 Å². The third-order valence-electron chi connectivity index (χ3n) is 3.60. The van der Waals surface area contributed by atoms with Crippen LogP contribution in [0.15, 0.2) is 27.4 Å². The van der Waals surface area contributed by atoms with Crippen molar-refractivity contribution in [1.29, 1.82) is 0 Å². The van der Waals surface area contributed by atoms with Crippen molar-refractivity contribution >= 4 is 11.1 Å². The molecule has 4 heteroatoms. The lowest BCUT2D eigenvalue weighted by Gasteiger charge is -2.18. The molecule has 0 bridgehead atoms. The highest BCUT2D eigenvalue weighted by Crippen LogP contribution is 2.20. The third kappa shape index (κ3) is 2.34. The van der Waals surface area contributed by atoms with Crippen molar-refractivity contribution in [2.45, 2.75) is 20.3 Å². The van der Waals surface area contributed by atoms with Gasteiger partial charge in [0.2, 0.25) is 0 Å². The van der Waals surface area contributed by atoms with E-state index in [1.54, 1.807) is 7.05 Å². The number of oxazole rings is 1. The predicted molar refractivity (Wildman–Crippen MR) is 72.5 cm³/mol. The molecule has 0 fully saturated rings. The Morgan fingerprint density at radius 2 is 2.11 bits per heavy atom. The van der Waals surface area contributed by atoms with Crippen LogP contribution in [0, 0.1) is 11.8 Å². The maximum Gasteiger partial charge on any atom is 0.419 e. The van der Waals surface area contributed by atoms with Gasteiger partial charge in [-0.05, 0) is 42.5 Å². The molecule has 1 atom stereocenters. The van der Waals surface area contributed by atoms with Crippen LogP contribution in [0.3, 0.4) is 0 Å². The molecular weight excluding hydrogens is 228 g/mol. The standard InChI is InChI=1S/C14H20N2O2/c1-9(2)11(8-15)6-10-4-5-12-13(7-10)18-14(17)16(12)3/h4-5,7,9,11H,6,8,15H2,1-3H3. The van der Waals surface area contributed by atoms with Crippen LogP contribution in [0.4, 0.5) is 0 Å². The highest BCUT2D eigenvalue weighted by molar-refractivity contribution is 5.73. The number of aromatic nitrogens is 1. The molecule has 0 saturated heterocycles. The van der Waals surface area contributed by atoms with Gasteiger partial charge in [0.1, 0.15) is 0 Å². The van der Waals surface area contributed by atoms with Gasteiger partial charge in [0.15, 0.2) is 5.58 Å². The molecule has 18 heavy (non-hydrogen) atoms. The Labute approximate surface area is 106 Å². The van der Waals surface area contributed by atoms with Crippen molar-refractivity contribution in [1.82, 2.24) is 4.57 Å². The van der Waals surface area contributed by atoms with Gasteiger partial charge in [-0.1, -0.05) is 19.9 Å². The van der Waals surface area contributed by atoms with Crippen LogP contribution in [-0.4, -0.2) is 11.1 Å². The smallest absolute Gasteiger partial charge is 0.408 e. The number of hydrogen-bond acceptors (Lipinski definition) is 3. The minimum absolute atomic E-state index is 0.318. The molecule has 2 N–H and O–H groups in total. The summed E-state index contributed by atoms with van der Waals surface area (Å²) >= 11 is 0. The number of fused-ring (bicyclic) bond motifs is 1. The highest BCUT2D eigenvalue weighted by atomic mass is 16.4. The summed E-state index contributed by atoms with van der Waals surface area (Å²) in [6.45, 7) is 5.03. The molecular formula is C14H20N2O2. The van der Waals surface area contributed by atoms with E-state index >= 15 is 0 Å². The number of benzene rings is 1. The molecule has 0 aliphatic rings. The van der Waals surface area contributed by atoms with Crippen molar-refractivity contribution in [3.8, 4) is 0 Å². The van der Waals surface area contributed by atoms with Gasteiger partial charge in [0, 0.05) is 7.05 Å². The number of nitrogens with zero attached hydrogens (tertiary/aromatic N) is 1. The Hall–Kier alpha value is -1.55. The predicted octanol–water partition coefficient (Wildman–Crippen LogP) is 1.90. The normalized spacial score (nSPS) is 13.4. The average Bonchev–Trinajstić information content (AvgIpc) is 2.61. The van der Waals surface area contributed by atoms with E-state index in [9.17, 15) is 4.79 Å². The summed E-state index contributed by atoms with van der Waals surface area (Å²) in [7, 11) is 1.71. The molecule has 1 aromatic carbocycles. The van der Waals surface area contributed by atoms with Gasteiger partial charge in [0.25, 0.3) is 0 Å². The zero-order chi connectivity index (χ0) is 13.3. The van der Waals surface area contributed by atoms with Crippen molar-refractivity contribution < 1.29 is 4.42 Å². The number of nitrogens with two attached hydrogens (primary N) is 1. The Balaban J connectivity index is 2.33. The Bertz CT molecular complexity index is 595. The maximum atomic E-state index is 11.4. The van der Waals surface area contributed by atoms with Gasteiger partial charge < -0.3 is 10.2 Å². The number of aryl methyl sites for hydroxylation is 1. The van der Waals surface area contributed by atoms with Crippen molar-refractivity contribution in [3.05, 3.63) is 34.3 Å². The van der Waals surface area contributed by atoms with E-state index in [1.165, 1.54) is 10.1 Å². The first-order chi connectivity index (χ1) is 8.52. The van der Waals surface area contributed by atoms with Crippen LogP contribution in [0.1, 0.15) is 19.4 Å². The van der Waals surface area contributed by atoms with Gasteiger partial charge in [0.05, 0.1) is 5.52 Å². The van der Waals surface area contributed by atoms with Gasteiger partial charge in [-0.3, -0.25) is 4.57 Å². The van der Waals surface area contributed by atoms with Gasteiger partial charge in [-0.15, -0.1) is 0 Å². The molecule has 4 nitrogen and oxygen atoms in total. The van der Waals surface area contributed by atoms with Crippen LogP contribution >= 0.6 is 0 Å². The summed E-state index contributed by atoms with van der Waals surface area (Å²) in [5.74, 6) is 0.688. The molecule has 1 heterocycles. The molecule has 0 spiro atoms. The Morgan fingerprint density at radius 3 is 2.72 bits per heavy atom. The average molecular weight is 248 g/mol. The van der Waals surface area contributed by atoms with Gasteiger partial charge >= 0.3 is 5.76 Å². The minimum atomic E-state index is -0.318. The molecule has 0 saturated carbocycles. The first kappa shape index (κ1) is 12.9. The van der Waals surface area contributed by atoms with Crippen LogP contribution in [0.25, 0.3) is 11.1 Å². The van der Waals surface area contributed by atoms with Gasteiger partial charge in [-0.2, -0.15) is 0 Å². The largest absolute Gasteiger partial charge is 0.419 e. The fourth-order valence-electron chi connectivity index (χ4n) is 2.20. The molecule has 0 amide bonds. The Kier molecular flexibility index (Phi) is 3.57. The molecule has 98 valence electrons. The number of rotatable bonds is 4. The van der Waals surface area contributed by atoms with E-state index in [0.717, 1.165) is 11.9 Å². The van der Waals surface area contributed by atoms with E-state index in [0.29, 0.717) is 24.0 Å². The van der Waals surface area contributed by atoms with E-state index in [1.807, 2.05) is 18.2 Å². The van der Waals surface area contributed by atoms with E-state index in [4.69, 9.17) is 10.2 Å². The van der Waals surface area contributed by atoms with Gasteiger partial charge in [-0.25, -0.2) is 4.79 Å². The molecule has 0 aliphatic carbocycles. The number of hydrogen-bond donors (Lipinski definition) is 1. The Morgan fingerprint density at radius 1 is 1.39 bits per heavy atom. The molecule has 0 radical (unpaired) electrons. The maximum absolute atomic E-state index is 11.4. The summed E-state index contributed by atoms with van der Waals surface area (Å²) in [6.07, 6.45) is 0.919. The SMILES string of the molecule is CC(C)C(CN)Cc1ccc2c(c1)oc(=O)n2C. The highest BCUT2D eigenvalue weighted by Gasteiger charge is 2.13. The van der Waals surface area contributed by atoms with E-state index in [2.05, 4.69) is 13.8 Å². The van der Waals surface area contributed by atoms with Crippen LogP contribution in [-0.2, 0) is 13.5 Å². The van der Waals surface area contributed by atoms with Crippen LogP contribution in [0.2, 0.25) is 0 Å². The first-order valence-corrected chi connectivity index (χ1v) is 6.31. The molecule has 2 rings (SSSR count). The molecule has 1 aromatic heterocycles. The molecule has 2 aromatic rings. The zero-order valence-electron chi connectivity index (χ0n) is 11.1.